The summed E-state index contributed by atoms with van der Waals surface area (Å²) in [5.41, 5.74) is 1.56. The molecule has 0 aromatic carbocycles. The lowest BCUT2D eigenvalue weighted by Crippen LogP contribution is -2.48. The van der Waals surface area contributed by atoms with Gasteiger partial charge in [-0.25, -0.2) is 4.98 Å². The van der Waals surface area contributed by atoms with Gasteiger partial charge < -0.3 is 5.32 Å². The molecule has 19 heavy (non-hydrogen) atoms. The van der Waals surface area contributed by atoms with Gasteiger partial charge in [-0.15, -0.1) is 0 Å². The van der Waals surface area contributed by atoms with E-state index >= 15 is 0 Å². The number of rotatable bonds is 2. The topological polar surface area (TPSA) is 49.6 Å². The van der Waals surface area contributed by atoms with Gasteiger partial charge in [0.2, 0.25) is 0 Å². The van der Waals surface area contributed by atoms with Crippen molar-refractivity contribution in [2.24, 2.45) is 0 Å². The second-order valence-corrected chi connectivity index (χ2v) is 5.10. The summed E-state index contributed by atoms with van der Waals surface area (Å²) < 4.78 is 1.57. The Morgan fingerprint density at radius 3 is 3.21 bits per heavy atom. The van der Waals surface area contributed by atoms with E-state index in [9.17, 15) is 4.79 Å². The maximum absolute atomic E-state index is 12.0. The van der Waals surface area contributed by atoms with Crippen LogP contribution in [-0.4, -0.2) is 40.0 Å². The first-order chi connectivity index (χ1) is 9.22. The van der Waals surface area contributed by atoms with Crippen molar-refractivity contribution in [2.45, 2.75) is 19.5 Å². The highest BCUT2D eigenvalue weighted by atomic mass is 16.1. The second kappa shape index (κ2) is 5.11. The number of nitrogens with one attached hydrogen (secondary N) is 1. The van der Waals surface area contributed by atoms with Crippen LogP contribution in [0.5, 0.6) is 0 Å². The zero-order chi connectivity index (χ0) is 13.2. The minimum atomic E-state index is -0.0104. The van der Waals surface area contributed by atoms with Gasteiger partial charge in [-0.3, -0.25) is 14.1 Å². The van der Waals surface area contributed by atoms with E-state index in [1.807, 2.05) is 18.2 Å². The number of hydrogen-bond donors (Lipinski definition) is 1. The molecule has 0 radical (unpaired) electrons. The van der Waals surface area contributed by atoms with Gasteiger partial charge in [-0.1, -0.05) is 6.07 Å². The van der Waals surface area contributed by atoms with Gasteiger partial charge in [0.1, 0.15) is 5.65 Å². The molecule has 2 aromatic heterocycles. The van der Waals surface area contributed by atoms with Crippen LogP contribution < -0.4 is 10.9 Å². The summed E-state index contributed by atoms with van der Waals surface area (Å²) in [5, 5.41) is 3.41. The van der Waals surface area contributed by atoms with E-state index < -0.39 is 0 Å². The van der Waals surface area contributed by atoms with Gasteiger partial charge in [-0.05, 0) is 19.1 Å². The second-order valence-electron chi connectivity index (χ2n) is 5.10. The Labute approximate surface area is 111 Å². The Balaban J connectivity index is 1.87. The summed E-state index contributed by atoms with van der Waals surface area (Å²) in [6, 6.07) is 7.74. The lowest BCUT2D eigenvalue weighted by Gasteiger charge is -2.31. The molecule has 0 aliphatic carbocycles. The molecule has 3 heterocycles. The number of nitrogens with zero attached hydrogens (tertiary/aromatic N) is 3. The molecule has 0 unspecified atom stereocenters. The molecule has 0 saturated carbocycles. The predicted octanol–water partition coefficient (Wildman–Crippen LogP) is 0.488. The molecule has 1 fully saturated rings. The van der Waals surface area contributed by atoms with Crippen LogP contribution in [0, 0.1) is 0 Å². The third kappa shape index (κ3) is 2.67. The van der Waals surface area contributed by atoms with Gasteiger partial charge >= 0.3 is 0 Å². The molecule has 3 rings (SSSR count). The first-order valence-corrected chi connectivity index (χ1v) is 6.65. The summed E-state index contributed by atoms with van der Waals surface area (Å²) >= 11 is 0. The largest absolute Gasteiger partial charge is 0.312 e. The fourth-order valence-electron chi connectivity index (χ4n) is 2.57. The van der Waals surface area contributed by atoms with Gasteiger partial charge in [-0.2, -0.15) is 0 Å². The van der Waals surface area contributed by atoms with E-state index in [1.165, 1.54) is 0 Å². The quantitative estimate of drug-likeness (QED) is 0.851. The molecule has 0 amide bonds. The molecule has 1 atom stereocenters. The number of aromatic nitrogens is 2. The molecule has 0 spiro atoms. The Morgan fingerprint density at radius 2 is 2.37 bits per heavy atom. The standard InChI is InChI=1S/C14H18N4O/c1-11-9-17(7-5-15-11)10-12-8-14(19)18-6-3-2-4-13(18)16-12/h2-4,6,8,11,15H,5,7,9-10H2,1H3/t11-/m0/s1. The van der Waals surface area contributed by atoms with Crippen LogP contribution in [-0.2, 0) is 6.54 Å². The van der Waals surface area contributed by atoms with Crippen molar-refractivity contribution in [2.75, 3.05) is 19.6 Å². The van der Waals surface area contributed by atoms with E-state index in [2.05, 4.69) is 22.1 Å². The van der Waals surface area contributed by atoms with Gasteiger partial charge in [0.15, 0.2) is 0 Å². The Bertz CT molecular complexity index is 637. The Hall–Kier alpha value is -1.72. The van der Waals surface area contributed by atoms with E-state index in [4.69, 9.17) is 0 Å². The summed E-state index contributed by atoms with van der Waals surface area (Å²) in [7, 11) is 0. The molecule has 0 bridgehead atoms. The maximum Gasteiger partial charge on any atom is 0.258 e. The summed E-state index contributed by atoms with van der Waals surface area (Å²) in [5.74, 6) is 0. The van der Waals surface area contributed by atoms with Crippen LogP contribution in [0.3, 0.4) is 0 Å². The number of piperazine rings is 1. The normalized spacial score (nSPS) is 20.8. The highest BCUT2D eigenvalue weighted by Crippen LogP contribution is 2.05. The molecule has 1 aliphatic rings. The van der Waals surface area contributed by atoms with Crippen LogP contribution in [0.1, 0.15) is 12.6 Å². The monoisotopic (exact) mass is 258 g/mol. The third-order valence-corrected chi connectivity index (χ3v) is 3.46. The summed E-state index contributed by atoms with van der Waals surface area (Å²) in [4.78, 5) is 18.9. The van der Waals surface area contributed by atoms with Crippen LogP contribution in [0.4, 0.5) is 0 Å². The number of fused-ring (bicyclic) bond motifs is 1. The van der Waals surface area contributed by atoms with E-state index in [0.29, 0.717) is 11.7 Å². The first-order valence-electron chi connectivity index (χ1n) is 6.65. The summed E-state index contributed by atoms with van der Waals surface area (Å²) in [6.45, 7) is 5.91. The SMILES string of the molecule is C[C@H]1CN(Cc2cc(=O)n3ccccc3n2)CCN1. The van der Waals surface area contributed by atoms with Crippen LogP contribution >= 0.6 is 0 Å². The van der Waals surface area contributed by atoms with Crippen LogP contribution in [0.2, 0.25) is 0 Å². The third-order valence-electron chi connectivity index (χ3n) is 3.46. The molecule has 5 nitrogen and oxygen atoms in total. The number of hydrogen-bond acceptors (Lipinski definition) is 4. The zero-order valence-electron chi connectivity index (χ0n) is 11.0. The minimum Gasteiger partial charge on any atom is -0.312 e. The molecule has 5 heteroatoms. The highest BCUT2D eigenvalue weighted by Gasteiger charge is 2.16. The number of pyridine rings is 1. The van der Waals surface area contributed by atoms with Crippen molar-refractivity contribution in [3.05, 3.63) is 46.5 Å². The fourth-order valence-corrected chi connectivity index (χ4v) is 2.57. The Morgan fingerprint density at radius 1 is 1.47 bits per heavy atom. The van der Waals surface area contributed by atoms with Crippen molar-refractivity contribution in [3.8, 4) is 0 Å². The van der Waals surface area contributed by atoms with E-state index in [1.54, 1.807) is 16.7 Å². The lowest BCUT2D eigenvalue weighted by atomic mass is 10.2. The van der Waals surface area contributed by atoms with Gasteiger partial charge in [0.25, 0.3) is 5.56 Å². The fraction of sp³-hybridized carbons (Fsp3) is 0.429. The van der Waals surface area contributed by atoms with E-state index in [0.717, 1.165) is 31.9 Å². The molecule has 1 saturated heterocycles. The smallest absolute Gasteiger partial charge is 0.258 e. The van der Waals surface area contributed by atoms with Crippen LogP contribution in [0.25, 0.3) is 5.65 Å². The van der Waals surface area contributed by atoms with Gasteiger partial charge in [0, 0.05) is 44.5 Å². The molecule has 1 N–H and O–H groups in total. The van der Waals surface area contributed by atoms with Crippen LogP contribution in [0.15, 0.2) is 35.3 Å². The minimum absolute atomic E-state index is 0.0104. The lowest BCUT2D eigenvalue weighted by molar-refractivity contribution is 0.197. The molecule has 100 valence electrons. The molecule has 2 aromatic rings. The molecular formula is C14H18N4O. The van der Waals surface area contributed by atoms with Crippen molar-refractivity contribution < 1.29 is 0 Å². The summed E-state index contributed by atoms with van der Waals surface area (Å²) in [6.07, 6.45) is 1.75. The van der Waals surface area contributed by atoms with Gasteiger partial charge in [0.05, 0.1) is 5.69 Å². The first kappa shape index (κ1) is 12.3. The predicted molar refractivity (Wildman–Crippen MR) is 74.2 cm³/mol. The van der Waals surface area contributed by atoms with Crippen molar-refractivity contribution in [1.82, 2.24) is 19.6 Å². The molecular weight excluding hydrogens is 240 g/mol. The van der Waals surface area contributed by atoms with Crippen molar-refractivity contribution >= 4 is 5.65 Å². The van der Waals surface area contributed by atoms with E-state index in [-0.39, 0.29) is 5.56 Å². The van der Waals surface area contributed by atoms with Crippen molar-refractivity contribution in [3.63, 3.8) is 0 Å². The average molecular weight is 258 g/mol. The average Bonchev–Trinajstić information content (AvgIpc) is 2.39. The highest BCUT2D eigenvalue weighted by molar-refractivity contribution is 5.37. The Kier molecular flexibility index (Phi) is 3.31. The zero-order valence-corrected chi connectivity index (χ0v) is 11.0. The maximum atomic E-state index is 12.0. The molecule has 1 aliphatic heterocycles. The van der Waals surface area contributed by atoms with Crippen molar-refractivity contribution in [1.29, 1.82) is 0 Å².